The molecule has 1 fully saturated rings. The molecule has 5 nitrogen and oxygen atoms in total. The van der Waals surface area contributed by atoms with Crippen LogP contribution in [0.2, 0.25) is 0 Å². The predicted molar refractivity (Wildman–Crippen MR) is 108 cm³/mol. The predicted octanol–water partition coefficient (Wildman–Crippen LogP) is 3.13. The van der Waals surface area contributed by atoms with Crippen molar-refractivity contribution in [1.82, 2.24) is 20.5 Å². The summed E-state index contributed by atoms with van der Waals surface area (Å²) >= 11 is 1.77. The standard InChI is InChI=1S/C19H35N5S/c1-7-16-9-21-17(25-16)10-22-18(20-6)23-13-19(4,5)24-11-14(2)8-15(3)12-24/h9,14-15H,7-8,10-13H2,1-6H3,(H2,20,22,23). The lowest BCUT2D eigenvalue weighted by atomic mass is 9.88. The number of aliphatic imine (C=N–C) groups is 1. The Kier molecular flexibility index (Phi) is 7.25. The van der Waals surface area contributed by atoms with Crippen molar-refractivity contribution >= 4 is 17.3 Å². The van der Waals surface area contributed by atoms with Crippen molar-refractivity contribution in [1.29, 1.82) is 0 Å². The van der Waals surface area contributed by atoms with E-state index in [-0.39, 0.29) is 5.54 Å². The van der Waals surface area contributed by atoms with Crippen LogP contribution < -0.4 is 10.6 Å². The molecule has 2 N–H and O–H groups in total. The second kappa shape index (κ2) is 8.99. The third kappa shape index (κ3) is 5.96. The van der Waals surface area contributed by atoms with Crippen LogP contribution in [0.15, 0.2) is 11.2 Å². The van der Waals surface area contributed by atoms with Crippen LogP contribution in [-0.4, -0.2) is 48.1 Å². The number of hydrogen-bond donors (Lipinski definition) is 2. The fraction of sp³-hybridized carbons (Fsp3) is 0.789. The molecule has 0 spiro atoms. The lowest BCUT2D eigenvalue weighted by molar-refractivity contribution is 0.0483. The highest BCUT2D eigenvalue weighted by Crippen LogP contribution is 2.26. The van der Waals surface area contributed by atoms with E-state index in [2.05, 4.69) is 60.1 Å². The average molecular weight is 366 g/mol. The number of piperidine rings is 1. The third-order valence-corrected chi connectivity index (χ3v) is 6.14. The second-order valence-electron chi connectivity index (χ2n) is 8.02. The van der Waals surface area contributed by atoms with E-state index in [1.165, 1.54) is 24.4 Å². The number of aryl methyl sites for hydroxylation is 1. The Labute approximate surface area is 157 Å². The molecule has 2 atom stereocenters. The maximum Gasteiger partial charge on any atom is 0.191 e. The smallest absolute Gasteiger partial charge is 0.191 e. The van der Waals surface area contributed by atoms with Gasteiger partial charge in [0.2, 0.25) is 0 Å². The summed E-state index contributed by atoms with van der Waals surface area (Å²) in [7, 11) is 1.83. The van der Waals surface area contributed by atoms with Crippen molar-refractivity contribution in [2.24, 2.45) is 16.8 Å². The summed E-state index contributed by atoms with van der Waals surface area (Å²) in [5.41, 5.74) is 0.108. The van der Waals surface area contributed by atoms with E-state index in [0.717, 1.165) is 42.3 Å². The zero-order valence-corrected chi connectivity index (χ0v) is 17.5. The van der Waals surface area contributed by atoms with Gasteiger partial charge in [0.25, 0.3) is 0 Å². The molecule has 0 aromatic carbocycles. The minimum absolute atomic E-state index is 0.108. The van der Waals surface area contributed by atoms with Gasteiger partial charge in [-0.3, -0.25) is 9.89 Å². The zero-order valence-electron chi connectivity index (χ0n) is 16.7. The maximum absolute atomic E-state index is 4.46. The molecule has 0 bridgehead atoms. The average Bonchev–Trinajstić information content (AvgIpc) is 3.02. The van der Waals surface area contributed by atoms with E-state index in [9.17, 15) is 0 Å². The Morgan fingerprint density at radius 2 is 2.00 bits per heavy atom. The lowest BCUT2D eigenvalue weighted by Gasteiger charge is -2.45. The summed E-state index contributed by atoms with van der Waals surface area (Å²) in [6, 6.07) is 0. The van der Waals surface area contributed by atoms with Gasteiger partial charge < -0.3 is 10.6 Å². The van der Waals surface area contributed by atoms with Gasteiger partial charge in [0, 0.05) is 43.3 Å². The van der Waals surface area contributed by atoms with Crippen LogP contribution in [0.25, 0.3) is 0 Å². The Bertz CT molecular complexity index is 556. The fourth-order valence-electron chi connectivity index (χ4n) is 3.54. The molecule has 6 heteroatoms. The number of nitrogens with one attached hydrogen (secondary N) is 2. The lowest BCUT2D eigenvalue weighted by Crippen LogP contribution is -2.57. The first-order valence-corrected chi connectivity index (χ1v) is 10.3. The van der Waals surface area contributed by atoms with Crippen LogP contribution in [0.5, 0.6) is 0 Å². The van der Waals surface area contributed by atoms with Gasteiger partial charge in [-0.2, -0.15) is 0 Å². The molecule has 1 saturated heterocycles. The number of guanidine groups is 1. The number of likely N-dealkylation sites (tertiary alicyclic amines) is 1. The van der Waals surface area contributed by atoms with Crippen LogP contribution in [0.4, 0.5) is 0 Å². The molecular formula is C19H35N5S. The molecule has 0 saturated carbocycles. The molecule has 0 radical (unpaired) electrons. The molecule has 142 valence electrons. The summed E-state index contributed by atoms with van der Waals surface area (Å²) in [6.45, 7) is 15.5. The molecule has 1 aromatic rings. The molecule has 2 heterocycles. The quantitative estimate of drug-likeness (QED) is 0.601. The first-order valence-electron chi connectivity index (χ1n) is 9.47. The van der Waals surface area contributed by atoms with Gasteiger partial charge in [-0.05, 0) is 38.5 Å². The largest absolute Gasteiger partial charge is 0.355 e. The van der Waals surface area contributed by atoms with Crippen LogP contribution in [-0.2, 0) is 13.0 Å². The first kappa shape index (κ1) is 20.2. The van der Waals surface area contributed by atoms with Gasteiger partial charge in [-0.25, -0.2) is 4.98 Å². The SMILES string of the molecule is CCc1cnc(CNC(=NC)NCC(C)(C)N2CC(C)CC(C)C2)s1. The Morgan fingerprint density at radius 1 is 1.32 bits per heavy atom. The van der Waals surface area contributed by atoms with Gasteiger partial charge in [0.15, 0.2) is 5.96 Å². The number of thiazole rings is 1. The van der Waals surface area contributed by atoms with Crippen molar-refractivity contribution in [3.8, 4) is 0 Å². The number of rotatable bonds is 6. The van der Waals surface area contributed by atoms with E-state index < -0.39 is 0 Å². The van der Waals surface area contributed by atoms with E-state index >= 15 is 0 Å². The van der Waals surface area contributed by atoms with Crippen molar-refractivity contribution in [2.75, 3.05) is 26.7 Å². The summed E-state index contributed by atoms with van der Waals surface area (Å²) in [6.07, 6.45) is 4.36. The normalized spacial score (nSPS) is 22.9. The zero-order chi connectivity index (χ0) is 18.4. The molecule has 1 aliphatic heterocycles. The maximum atomic E-state index is 4.46. The number of hydrogen-bond acceptors (Lipinski definition) is 4. The van der Waals surface area contributed by atoms with Crippen molar-refractivity contribution in [3.63, 3.8) is 0 Å². The molecule has 2 rings (SSSR count). The third-order valence-electron chi connectivity index (χ3n) is 4.99. The van der Waals surface area contributed by atoms with E-state index in [1.54, 1.807) is 11.3 Å². The van der Waals surface area contributed by atoms with E-state index in [0.29, 0.717) is 0 Å². The number of nitrogens with zero attached hydrogens (tertiary/aromatic N) is 3. The Balaban J connectivity index is 1.84. The van der Waals surface area contributed by atoms with Gasteiger partial charge in [0.1, 0.15) is 5.01 Å². The first-order chi connectivity index (χ1) is 11.8. The van der Waals surface area contributed by atoms with Gasteiger partial charge in [0.05, 0.1) is 6.54 Å². The van der Waals surface area contributed by atoms with Crippen molar-refractivity contribution in [2.45, 2.75) is 59.5 Å². The van der Waals surface area contributed by atoms with Crippen LogP contribution >= 0.6 is 11.3 Å². The molecule has 0 amide bonds. The highest BCUT2D eigenvalue weighted by atomic mass is 32.1. The van der Waals surface area contributed by atoms with Crippen LogP contribution in [0.1, 0.15) is 50.9 Å². The summed E-state index contributed by atoms with van der Waals surface area (Å²) in [5, 5.41) is 8.00. The fourth-order valence-corrected chi connectivity index (χ4v) is 4.34. The van der Waals surface area contributed by atoms with Gasteiger partial charge in [-0.1, -0.05) is 20.8 Å². The Morgan fingerprint density at radius 3 is 2.56 bits per heavy atom. The molecule has 25 heavy (non-hydrogen) atoms. The van der Waals surface area contributed by atoms with Crippen molar-refractivity contribution in [3.05, 3.63) is 16.1 Å². The van der Waals surface area contributed by atoms with Crippen LogP contribution in [0.3, 0.4) is 0 Å². The molecular weight excluding hydrogens is 330 g/mol. The second-order valence-corrected chi connectivity index (χ2v) is 9.22. The molecule has 2 unspecified atom stereocenters. The van der Waals surface area contributed by atoms with Crippen LogP contribution in [0, 0.1) is 11.8 Å². The topological polar surface area (TPSA) is 52.6 Å². The van der Waals surface area contributed by atoms with Crippen molar-refractivity contribution < 1.29 is 0 Å². The summed E-state index contributed by atoms with van der Waals surface area (Å²) in [5.74, 6) is 2.40. The molecule has 0 aliphatic carbocycles. The monoisotopic (exact) mass is 365 g/mol. The minimum atomic E-state index is 0.108. The van der Waals surface area contributed by atoms with Gasteiger partial charge >= 0.3 is 0 Å². The molecule has 1 aliphatic rings. The number of aromatic nitrogens is 1. The highest BCUT2D eigenvalue weighted by Gasteiger charge is 2.32. The summed E-state index contributed by atoms with van der Waals surface area (Å²) < 4.78 is 0. The van der Waals surface area contributed by atoms with E-state index in [1.807, 2.05) is 13.2 Å². The van der Waals surface area contributed by atoms with E-state index in [4.69, 9.17) is 0 Å². The minimum Gasteiger partial charge on any atom is -0.355 e. The highest BCUT2D eigenvalue weighted by molar-refractivity contribution is 7.11. The Hall–Kier alpha value is -1.14. The molecule has 1 aromatic heterocycles. The van der Waals surface area contributed by atoms with Gasteiger partial charge in [-0.15, -0.1) is 11.3 Å². The summed E-state index contributed by atoms with van der Waals surface area (Å²) in [4.78, 5) is 12.8.